The lowest BCUT2D eigenvalue weighted by atomic mass is 9.75. The molecule has 0 unspecified atom stereocenters. The van der Waals surface area contributed by atoms with Gasteiger partial charge in [0.25, 0.3) is 0 Å². The van der Waals surface area contributed by atoms with E-state index in [1.54, 1.807) is 0 Å². The minimum atomic E-state index is 0.00590. The maximum Gasteiger partial charge on any atom is 0.169 e. The van der Waals surface area contributed by atoms with Gasteiger partial charge in [0.15, 0.2) is 5.58 Å². The molecule has 2 aliphatic heterocycles. The van der Waals surface area contributed by atoms with E-state index < -0.39 is 0 Å². The SMILES string of the molecule is CC(C)(C)c1noc2cc(N3CC[C@@H](CN4CCC(C(C)(C)C)CC4)C3)ccc12. The maximum absolute atomic E-state index is 5.68. The summed E-state index contributed by atoms with van der Waals surface area (Å²) in [6, 6.07) is 6.65. The van der Waals surface area contributed by atoms with Crippen LogP contribution >= 0.6 is 0 Å². The molecule has 160 valence electrons. The van der Waals surface area contributed by atoms with Gasteiger partial charge in [-0.15, -0.1) is 0 Å². The van der Waals surface area contributed by atoms with Crippen LogP contribution in [-0.4, -0.2) is 42.8 Å². The highest BCUT2D eigenvalue weighted by molar-refractivity contribution is 5.84. The van der Waals surface area contributed by atoms with Crippen molar-refractivity contribution in [3.05, 3.63) is 23.9 Å². The summed E-state index contributed by atoms with van der Waals surface area (Å²) < 4.78 is 5.68. The molecule has 0 saturated carbocycles. The zero-order valence-electron chi connectivity index (χ0n) is 19.3. The number of piperidine rings is 1. The third-order valence-corrected chi connectivity index (χ3v) is 7.15. The lowest BCUT2D eigenvalue weighted by Gasteiger charge is -2.39. The molecule has 0 bridgehead atoms. The van der Waals surface area contributed by atoms with Crippen LogP contribution in [0.25, 0.3) is 11.0 Å². The third-order valence-electron chi connectivity index (χ3n) is 7.15. The number of rotatable bonds is 3. The molecule has 29 heavy (non-hydrogen) atoms. The Morgan fingerprint density at radius 1 is 1.00 bits per heavy atom. The van der Waals surface area contributed by atoms with E-state index in [2.05, 4.69) is 74.7 Å². The quantitative estimate of drug-likeness (QED) is 0.664. The number of likely N-dealkylation sites (tertiary alicyclic amines) is 1. The van der Waals surface area contributed by atoms with Crippen molar-refractivity contribution in [2.24, 2.45) is 17.3 Å². The van der Waals surface area contributed by atoms with E-state index in [9.17, 15) is 0 Å². The molecule has 1 aromatic carbocycles. The van der Waals surface area contributed by atoms with E-state index in [4.69, 9.17) is 4.52 Å². The number of fused-ring (bicyclic) bond motifs is 1. The summed E-state index contributed by atoms with van der Waals surface area (Å²) in [6.07, 6.45) is 4.01. The second-order valence-electron chi connectivity index (χ2n) is 11.5. The number of benzene rings is 1. The van der Waals surface area contributed by atoms with Gasteiger partial charge in [-0.25, -0.2) is 0 Å². The van der Waals surface area contributed by atoms with E-state index in [-0.39, 0.29) is 5.41 Å². The summed E-state index contributed by atoms with van der Waals surface area (Å²) in [6.45, 7) is 19.9. The van der Waals surface area contributed by atoms with E-state index >= 15 is 0 Å². The van der Waals surface area contributed by atoms with Crippen LogP contribution < -0.4 is 4.90 Å². The van der Waals surface area contributed by atoms with Gasteiger partial charge < -0.3 is 14.3 Å². The van der Waals surface area contributed by atoms with Gasteiger partial charge in [-0.05, 0) is 61.7 Å². The first-order valence-corrected chi connectivity index (χ1v) is 11.5. The van der Waals surface area contributed by atoms with Crippen molar-refractivity contribution in [2.75, 3.05) is 37.6 Å². The van der Waals surface area contributed by atoms with E-state index in [0.29, 0.717) is 5.41 Å². The average Bonchev–Trinajstić information content (AvgIpc) is 3.27. The molecular formula is C25H39N3O. The van der Waals surface area contributed by atoms with Crippen LogP contribution in [0.4, 0.5) is 5.69 Å². The predicted molar refractivity (Wildman–Crippen MR) is 122 cm³/mol. The molecule has 1 aromatic heterocycles. The third kappa shape index (κ3) is 4.47. The highest BCUT2D eigenvalue weighted by Gasteiger charge is 2.31. The van der Waals surface area contributed by atoms with Crippen LogP contribution in [0.2, 0.25) is 0 Å². The van der Waals surface area contributed by atoms with Crippen LogP contribution in [0.1, 0.15) is 66.5 Å². The molecule has 1 atom stereocenters. The first-order chi connectivity index (χ1) is 13.6. The molecule has 4 rings (SSSR count). The minimum Gasteiger partial charge on any atom is -0.371 e. The summed E-state index contributed by atoms with van der Waals surface area (Å²) in [7, 11) is 0. The van der Waals surface area contributed by atoms with Crippen molar-refractivity contribution >= 4 is 16.7 Å². The fourth-order valence-corrected chi connectivity index (χ4v) is 5.23. The summed E-state index contributed by atoms with van der Waals surface area (Å²) >= 11 is 0. The Balaban J connectivity index is 1.35. The first-order valence-electron chi connectivity index (χ1n) is 11.5. The van der Waals surface area contributed by atoms with Crippen LogP contribution in [0.15, 0.2) is 22.7 Å². The van der Waals surface area contributed by atoms with Crippen LogP contribution in [0, 0.1) is 17.3 Å². The van der Waals surface area contributed by atoms with Gasteiger partial charge in [-0.3, -0.25) is 0 Å². The molecule has 2 aliphatic rings. The summed E-state index contributed by atoms with van der Waals surface area (Å²) in [5.41, 5.74) is 3.72. The smallest absolute Gasteiger partial charge is 0.169 e. The van der Waals surface area contributed by atoms with Crippen molar-refractivity contribution in [2.45, 2.75) is 66.2 Å². The van der Waals surface area contributed by atoms with Gasteiger partial charge in [-0.1, -0.05) is 46.7 Å². The molecule has 4 heteroatoms. The number of aromatic nitrogens is 1. The summed E-state index contributed by atoms with van der Waals surface area (Å²) in [5.74, 6) is 1.65. The molecule has 2 fully saturated rings. The van der Waals surface area contributed by atoms with Gasteiger partial charge in [-0.2, -0.15) is 0 Å². The van der Waals surface area contributed by atoms with Gasteiger partial charge in [0.05, 0.1) is 5.69 Å². The van der Waals surface area contributed by atoms with Crippen molar-refractivity contribution in [3.8, 4) is 0 Å². The number of hydrogen-bond acceptors (Lipinski definition) is 4. The Morgan fingerprint density at radius 3 is 2.38 bits per heavy atom. The Kier molecular flexibility index (Phi) is 5.43. The molecule has 2 saturated heterocycles. The van der Waals surface area contributed by atoms with Crippen LogP contribution in [0.5, 0.6) is 0 Å². The Hall–Kier alpha value is -1.55. The zero-order valence-corrected chi connectivity index (χ0v) is 19.3. The molecular weight excluding hydrogens is 358 g/mol. The Morgan fingerprint density at radius 2 is 1.72 bits per heavy atom. The molecule has 0 radical (unpaired) electrons. The van der Waals surface area contributed by atoms with Gasteiger partial charge in [0.2, 0.25) is 0 Å². The minimum absolute atomic E-state index is 0.00590. The predicted octanol–water partition coefficient (Wildman–Crippen LogP) is 5.71. The van der Waals surface area contributed by atoms with Crippen LogP contribution in [-0.2, 0) is 5.41 Å². The summed E-state index contributed by atoms with van der Waals surface area (Å²) in [4.78, 5) is 5.25. The van der Waals surface area contributed by atoms with Crippen LogP contribution in [0.3, 0.4) is 0 Å². The molecule has 0 amide bonds. The van der Waals surface area contributed by atoms with Crippen molar-refractivity contribution in [3.63, 3.8) is 0 Å². The van der Waals surface area contributed by atoms with Crippen molar-refractivity contribution in [1.82, 2.24) is 10.1 Å². The highest BCUT2D eigenvalue weighted by Crippen LogP contribution is 2.36. The zero-order chi connectivity index (χ0) is 20.8. The number of nitrogens with zero attached hydrogens (tertiary/aromatic N) is 3. The molecule has 2 aromatic rings. The topological polar surface area (TPSA) is 32.5 Å². The summed E-state index contributed by atoms with van der Waals surface area (Å²) in [5, 5.41) is 5.50. The second-order valence-corrected chi connectivity index (χ2v) is 11.5. The molecule has 0 aliphatic carbocycles. The first kappa shape index (κ1) is 20.7. The van der Waals surface area contributed by atoms with E-state index in [0.717, 1.165) is 41.6 Å². The Labute approximate surface area is 176 Å². The van der Waals surface area contributed by atoms with Crippen molar-refractivity contribution < 1.29 is 4.52 Å². The number of hydrogen-bond donors (Lipinski definition) is 0. The fraction of sp³-hybridized carbons (Fsp3) is 0.720. The van der Waals surface area contributed by atoms with E-state index in [1.807, 2.05) is 0 Å². The fourth-order valence-electron chi connectivity index (χ4n) is 5.23. The molecule has 4 nitrogen and oxygen atoms in total. The number of anilines is 1. The molecule has 3 heterocycles. The average molecular weight is 398 g/mol. The standard InChI is InChI=1S/C25H39N3O/c1-24(2,3)19-10-12-27(13-11-19)16-18-9-14-28(17-18)20-7-8-21-22(15-20)29-26-23(21)25(4,5)6/h7-8,15,18-19H,9-14,16-17H2,1-6H3/t18-/m0/s1. The van der Waals surface area contributed by atoms with Gasteiger partial charge in [0, 0.05) is 42.2 Å². The normalized spacial score (nSPS) is 22.7. The largest absolute Gasteiger partial charge is 0.371 e. The Bertz CT molecular complexity index is 834. The maximum atomic E-state index is 5.68. The molecule has 0 N–H and O–H groups in total. The monoisotopic (exact) mass is 397 g/mol. The second kappa shape index (κ2) is 7.61. The van der Waals surface area contributed by atoms with Crippen molar-refractivity contribution in [1.29, 1.82) is 0 Å². The lowest BCUT2D eigenvalue weighted by Crippen LogP contribution is -2.40. The van der Waals surface area contributed by atoms with Gasteiger partial charge in [0.1, 0.15) is 0 Å². The lowest BCUT2D eigenvalue weighted by molar-refractivity contribution is 0.103. The van der Waals surface area contributed by atoms with Gasteiger partial charge >= 0.3 is 0 Å². The van der Waals surface area contributed by atoms with E-state index in [1.165, 1.54) is 44.6 Å². The highest BCUT2D eigenvalue weighted by atomic mass is 16.5. The molecule has 0 spiro atoms.